The summed E-state index contributed by atoms with van der Waals surface area (Å²) in [5.74, 6) is 0.234. The highest BCUT2D eigenvalue weighted by Crippen LogP contribution is 2.18. The largest absolute Gasteiger partial charge is 0.293 e. The van der Waals surface area contributed by atoms with E-state index in [0.717, 1.165) is 25.1 Å². The van der Waals surface area contributed by atoms with Crippen molar-refractivity contribution in [1.29, 1.82) is 0 Å². The standard InChI is InChI=1S/C16H21NO/c1-2-9-15(17-12-7-4-8-13-17)16(18)14-10-5-3-6-11-14/h2-3,5-6,10-11,15H,1,4,7-9,12-13H2/t15-/m1/s1. The number of carbonyl (C=O) groups is 1. The van der Waals surface area contributed by atoms with Gasteiger partial charge in [0.2, 0.25) is 0 Å². The molecule has 1 saturated heterocycles. The Hall–Kier alpha value is -1.41. The van der Waals surface area contributed by atoms with Gasteiger partial charge in [-0.1, -0.05) is 42.8 Å². The predicted molar refractivity (Wildman–Crippen MR) is 74.8 cm³/mol. The van der Waals surface area contributed by atoms with E-state index in [2.05, 4.69) is 11.5 Å². The Balaban J connectivity index is 2.13. The van der Waals surface area contributed by atoms with Gasteiger partial charge in [0.05, 0.1) is 6.04 Å². The van der Waals surface area contributed by atoms with Crippen molar-refractivity contribution >= 4 is 5.78 Å². The van der Waals surface area contributed by atoms with E-state index in [9.17, 15) is 4.79 Å². The van der Waals surface area contributed by atoms with E-state index in [-0.39, 0.29) is 11.8 Å². The average Bonchev–Trinajstić information content (AvgIpc) is 2.46. The molecule has 2 rings (SSSR count). The second kappa shape index (κ2) is 6.50. The van der Waals surface area contributed by atoms with Crippen LogP contribution in [0.15, 0.2) is 43.0 Å². The summed E-state index contributed by atoms with van der Waals surface area (Å²) in [4.78, 5) is 14.9. The number of piperidine rings is 1. The summed E-state index contributed by atoms with van der Waals surface area (Å²) >= 11 is 0. The van der Waals surface area contributed by atoms with Gasteiger partial charge in [0, 0.05) is 5.56 Å². The number of Topliss-reactive ketones (excluding diaryl/α,β-unsaturated/α-hetero) is 1. The van der Waals surface area contributed by atoms with Crippen molar-refractivity contribution in [2.75, 3.05) is 13.1 Å². The van der Waals surface area contributed by atoms with E-state index < -0.39 is 0 Å². The van der Waals surface area contributed by atoms with E-state index in [1.807, 2.05) is 36.4 Å². The van der Waals surface area contributed by atoms with Crippen LogP contribution in [0, 0.1) is 0 Å². The normalized spacial score (nSPS) is 18.2. The third-order valence-electron chi connectivity index (χ3n) is 3.58. The lowest BCUT2D eigenvalue weighted by Crippen LogP contribution is -2.43. The Labute approximate surface area is 109 Å². The van der Waals surface area contributed by atoms with Crippen LogP contribution in [0.2, 0.25) is 0 Å². The predicted octanol–water partition coefficient (Wildman–Crippen LogP) is 3.30. The molecule has 2 nitrogen and oxygen atoms in total. The van der Waals surface area contributed by atoms with Gasteiger partial charge in [0.1, 0.15) is 0 Å². The summed E-state index contributed by atoms with van der Waals surface area (Å²) < 4.78 is 0. The summed E-state index contributed by atoms with van der Waals surface area (Å²) in [6.07, 6.45) is 6.30. The number of ketones is 1. The molecule has 1 aromatic rings. The summed E-state index contributed by atoms with van der Waals surface area (Å²) in [6, 6.07) is 9.58. The van der Waals surface area contributed by atoms with Crippen molar-refractivity contribution in [2.24, 2.45) is 0 Å². The lowest BCUT2D eigenvalue weighted by Gasteiger charge is -2.33. The van der Waals surface area contributed by atoms with Crippen molar-refractivity contribution in [3.05, 3.63) is 48.6 Å². The van der Waals surface area contributed by atoms with Crippen LogP contribution in [0.25, 0.3) is 0 Å². The zero-order valence-corrected chi connectivity index (χ0v) is 10.8. The highest BCUT2D eigenvalue weighted by atomic mass is 16.1. The van der Waals surface area contributed by atoms with E-state index >= 15 is 0 Å². The number of rotatable bonds is 5. The molecule has 0 amide bonds. The van der Waals surface area contributed by atoms with Crippen LogP contribution >= 0.6 is 0 Å². The third-order valence-corrected chi connectivity index (χ3v) is 3.58. The lowest BCUT2D eigenvalue weighted by molar-refractivity contribution is 0.0787. The Kier molecular flexibility index (Phi) is 4.71. The SMILES string of the molecule is C=CC[C@H](C(=O)c1ccccc1)N1CCCCC1. The van der Waals surface area contributed by atoms with Gasteiger partial charge in [0.25, 0.3) is 0 Å². The first-order valence-corrected chi connectivity index (χ1v) is 6.77. The van der Waals surface area contributed by atoms with E-state index in [1.54, 1.807) is 0 Å². The minimum atomic E-state index is -0.0230. The third kappa shape index (κ3) is 3.08. The molecule has 0 saturated carbocycles. The van der Waals surface area contributed by atoms with Gasteiger partial charge in [-0.2, -0.15) is 0 Å². The van der Waals surface area contributed by atoms with Gasteiger partial charge in [-0.15, -0.1) is 6.58 Å². The van der Waals surface area contributed by atoms with Gasteiger partial charge in [-0.25, -0.2) is 0 Å². The van der Waals surface area contributed by atoms with Crippen LogP contribution in [-0.4, -0.2) is 29.8 Å². The van der Waals surface area contributed by atoms with Gasteiger partial charge in [-0.3, -0.25) is 9.69 Å². The first kappa shape index (κ1) is 13.0. The number of nitrogens with zero attached hydrogens (tertiary/aromatic N) is 1. The maximum absolute atomic E-state index is 12.5. The zero-order valence-electron chi connectivity index (χ0n) is 10.8. The van der Waals surface area contributed by atoms with Crippen LogP contribution in [0.3, 0.4) is 0 Å². The van der Waals surface area contributed by atoms with Crippen LogP contribution in [0.5, 0.6) is 0 Å². The monoisotopic (exact) mass is 243 g/mol. The Bertz CT molecular complexity index is 393. The van der Waals surface area contributed by atoms with Crippen molar-refractivity contribution in [3.8, 4) is 0 Å². The first-order chi connectivity index (χ1) is 8.83. The van der Waals surface area contributed by atoms with E-state index in [0.29, 0.717) is 0 Å². The molecular formula is C16H21NO. The smallest absolute Gasteiger partial charge is 0.180 e. The van der Waals surface area contributed by atoms with Crippen molar-refractivity contribution < 1.29 is 4.79 Å². The molecule has 1 aliphatic heterocycles. The summed E-state index contributed by atoms with van der Waals surface area (Å²) in [5.41, 5.74) is 0.815. The molecule has 0 unspecified atom stereocenters. The van der Waals surface area contributed by atoms with Crippen molar-refractivity contribution in [1.82, 2.24) is 4.90 Å². The van der Waals surface area contributed by atoms with Gasteiger partial charge < -0.3 is 0 Å². The van der Waals surface area contributed by atoms with Gasteiger partial charge in [0.15, 0.2) is 5.78 Å². The minimum absolute atomic E-state index is 0.0230. The fourth-order valence-electron chi connectivity index (χ4n) is 2.60. The second-order valence-corrected chi connectivity index (χ2v) is 4.87. The molecule has 1 aromatic carbocycles. The Morgan fingerprint density at radius 1 is 1.22 bits per heavy atom. The minimum Gasteiger partial charge on any atom is -0.293 e. The van der Waals surface area contributed by atoms with Gasteiger partial charge in [-0.05, 0) is 32.4 Å². The number of benzene rings is 1. The van der Waals surface area contributed by atoms with Crippen LogP contribution < -0.4 is 0 Å². The molecular weight excluding hydrogens is 222 g/mol. The molecule has 1 aliphatic rings. The van der Waals surface area contributed by atoms with Gasteiger partial charge >= 0.3 is 0 Å². The summed E-state index contributed by atoms with van der Waals surface area (Å²) in [6.45, 7) is 5.87. The molecule has 0 aliphatic carbocycles. The number of hydrogen-bond acceptors (Lipinski definition) is 2. The maximum atomic E-state index is 12.5. The maximum Gasteiger partial charge on any atom is 0.180 e. The summed E-state index contributed by atoms with van der Waals surface area (Å²) in [5, 5.41) is 0. The fraction of sp³-hybridized carbons (Fsp3) is 0.438. The molecule has 0 aromatic heterocycles. The van der Waals surface area contributed by atoms with Crippen LogP contribution in [0.1, 0.15) is 36.0 Å². The number of carbonyl (C=O) groups excluding carboxylic acids is 1. The molecule has 1 atom stereocenters. The zero-order chi connectivity index (χ0) is 12.8. The highest BCUT2D eigenvalue weighted by molar-refractivity contribution is 6.00. The van der Waals surface area contributed by atoms with Crippen LogP contribution in [-0.2, 0) is 0 Å². The molecule has 1 heterocycles. The Morgan fingerprint density at radius 2 is 1.89 bits per heavy atom. The molecule has 0 radical (unpaired) electrons. The molecule has 0 spiro atoms. The molecule has 0 bridgehead atoms. The van der Waals surface area contributed by atoms with Crippen molar-refractivity contribution in [3.63, 3.8) is 0 Å². The molecule has 1 fully saturated rings. The first-order valence-electron chi connectivity index (χ1n) is 6.77. The van der Waals surface area contributed by atoms with E-state index in [4.69, 9.17) is 0 Å². The molecule has 0 N–H and O–H groups in total. The lowest BCUT2D eigenvalue weighted by atomic mass is 9.98. The quantitative estimate of drug-likeness (QED) is 0.584. The molecule has 96 valence electrons. The Morgan fingerprint density at radius 3 is 2.50 bits per heavy atom. The van der Waals surface area contributed by atoms with E-state index in [1.165, 1.54) is 19.3 Å². The average molecular weight is 243 g/mol. The second-order valence-electron chi connectivity index (χ2n) is 4.87. The van der Waals surface area contributed by atoms with Crippen molar-refractivity contribution in [2.45, 2.75) is 31.7 Å². The fourth-order valence-corrected chi connectivity index (χ4v) is 2.60. The summed E-state index contributed by atoms with van der Waals surface area (Å²) in [7, 11) is 0. The molecule has 2 heteroatoms. The number of likely N-dealkylation sites (tertiary alicyclic amines) is 1. The molecule has 18 heavy (non-hydrogen) atoms. The highest BCUT2D eigenvalue weighted by Gasteiger charge is 2.26. The number of hydrogen-bond donors (Lipinski definition) is 0. The topological polar surface area (TPSA) is 20.3 Å². The van der Waals surface area contributed by atoms with Crippen LogP contribution in [0.4, 0.5) is 0 Å².